The highest BCUT2D eigenvalue weighted by Crippen LogP contribution is 2.46. The van der Waals surface area contributed by atoms with Gasteiger partial charge in [0.2, 0.25) is 12.7 Å². The van der Waals surface area contributed by atoms with Crippen molar-refractivity contribution < 1.29 is 19.1 Å². The lowest BCUT2D eigenvalue weighted by molar-refractivity contribution is -0.119. The number of carbonyl (C=O) groups is 2. The standard InChI is InChI=1S/C26H23N3O4S/c27-12-18-24(17-9-10-21-22(11-17)33-15-32-21)25-19(7-4-8-20(25)30)29-26(18)34-14-23(31)28-13-16-5-2-1-3-6-16/h1-3,5-6,9-11,24,29H,4,7-8,13-15H2,(H,28,31). The van der Waals surface area contributed by atoms with Gasteiger partial charge in [0.15, 0.2) is 17.3 Å². The van der Waals surface area contributed by atoms with E-state index < -0.39 is 5.92 Å². The third-order valence-electron chi connectivity index (χ3n) is 6.07. The van der Waals surface area contributed by atoms with Gasteiger partial charge in [0.05, 0.1) is 28.3 Å². The molecule has 1 aliphatic carbocycles. The average Bonchev–Trinajstić information content (AvgIpc) is 3.34. The number of carbonyl (C=O) groups excluding carboxylic acids is 2. The van der Waals surface area contributed by atoms with Crippen molar-refractivity contribution in [2.75, 3.05) is 12.5 Å². The number of rotatable bonds is 6. The number of hydrogen-bond donors (Lipinski definition) is 2. The van der Waals surface area contributed by atoms with Crippen molar-refractivity contribution in [1.82, 2.24) is 10.6 Å². The molecule has 0 saturated carbocycles. The molecule has 2 heterocycles. The molecule has 0 radical (unpaired) electrons. The van der Waals surface area contributed by atoms with Gasteiger partial charge in [-0.2, -0.15) is 5.26 Å². The molecular formula is C26H23N3O4S. The van der Waals surface area contributed by atoms with Gasteiger partial charge >= 0.3 is 0 Å². The number of allylic oxidation sites excluding steroid dienone is 3. The predicted octanol–water partition coefficient (Wildman–Crippen LogP) is 3.89. The Morgan fingerprint density at radius 1 is 1.15 bits per heavy atom. The van der Waals surface area contributed by atoms with Crippen molar-refractivity contribution in [1.29, 1.82) is 5.26 Å². The monoisotopic (exact) mass is 473 g/mol. The minimum absolute atomic E-state index is 0.0498. The van der Waals surface area contributed by atoms with E-state index in [2.05, 4.69) is 16.7 Å². The molecule has 0 spiro atoms. The van der Waals surface area contributed by atoms with Gasteiger partial charge in [0.1, 0.15) is 0 Å². The minimum atomic E-state index is -0.501. The zero-order valence-corrected chi connectivity index (χ0v) is 19.2. The van der Waals surface area contributed by atoms with Gasteiger partial charge in [0, 0.05) is 24.2 Å². The lowest BCUT2D eigenvalue weighted by atomic mass is 9.77. The largest absolute Gasteiger partial charge is 0.454 e. The molecule has 3 aliphatic rings. The number of nitriles is 1. The van der Waals surface area contributed by atoms with Crippen LogP contribution < -0.4 is 20.1 Å². The number of nitrogens with zero attached hydrogens (tertiary/aromatic N) is 1. The van der Waals surface area contributed by atoms with Crippen molar-refractivity contribution in [3.05, 3.63) is 81.5 Å². The van der Waals surface area contributed by atoms with E-state index in [1.807, 2.05) is 48.5 Å². The first-order chi connectivity index (χ1) is 16.6. The summed E-state index contributed by atoms with van der Waals surface area (Å²) in [4.78, 5) is 25.4. The van der Waals surface area contributed by atoms with Gasteiger partial charge in [-0.25, -0.2) is 0 Å². The van der Waals surface area contributed by atoms with E-state index in [0.29, 0.717) is 40.6 Å². The SMILES string of the molecule is N#CC1=C(SCC(=O)NCc2ccccc2)NC2=C(C(=O)CCC2)C1c1ccc2c(c1)OCO2. The molecule has 0 aromatic heterocycles. The number of benzene rings is 2. The smallest absolute Gasteiger partial charge is 0.231 e. The topological polar surface area (TPSA) is 100 Å². The number of fused-ring (bicyclic) bond motifs is 1. The molecule has 0 fully saturated rings. The predicted molar refractivity (Wildman–Crippen MR) is 128 cm³/mol. The molecule has 2 aliphatic heterocycles. The first-order valence-corrected chi connectivity index (χ1v) is 12.1. The second-order valence-corrected chi connectivity index (χ2v) is 9.23. The molecule has 2 aromatic rings. The van der Waals surface area contributed by atoms with E-state index in [0.717, 1.165) is 29.7 Å². The minimum Gasteiger partial charge on any atom is -0.454 e. The quantitative estimate of drug-likeness (QED) is 0.656. The van der Waals surface area contributed by atoms with E-state index in [4.69, 9.17) is 9.47 Å². The van der Waals surface area contributed by atoms with Gasteiger partial charge in [-0.1, -0.05) is 48.2 Å². The summed E-state index contributed by atoms with van der Waals surface area (Å²) in [5.41, 5.74) is 3.74. The van der Waals surface area contributed by atoms with Crippen molar-refractivity contribution in [3.63, 3.8) is 0 Å². The molecule has 1 amide bonds. The Morgan fingerprint density at radius 2 is 1.97 bits per heavy atom. The molecule has 0 bridgehead atoms. The van der Waals surface area contributed by atoms with E-state index in [1.165, 1.54) is 11.8 Å². The Morgan fingerprint density at radius 3 is 2.79 bits per heavy atom. The maximum absolute atomic E-state index is 12.9. The number of thioether (sulfide) groups is 1. The normalized spacial score (nSPS) is 18.8. The van der Waals surface area contributed by atoms with E-state index in [1.54, 1.807) is 0 Å². The zero-order valence-electron chi connectivity index (χ0n) is 18.4. The second kappa shape index (κ2) is 9.65. The number of amides is 1. The highest BCUT2D eigenvalue weighted by Gasteiger charge is 2.37. The van der Waals surface area contributed by atoms with Gasteiger partial charge < -0.3 is 20.1 Å². The number of nitrogens with one attached hydrogen (secondary N) is 2. The maximum Gasteiger partial charge on any atom is 0.231 e. The van der Waals surface area contributed by atoms with E-state index >= 15 is 0 Å². The fourth-order valence-electron chi connectivity index (χ4n) is 4.45. The van der Waals surface area contributed by atoms with Crippen molar-refractivity contribution >= 4 is 23.5 Å². The molecule has 7 nitrogen and oxygen atoms in total. The number of ether oxygens (including phenoxy) is 2. The summed E-state index contributed by atoms with van der Waals surface area (Å²) in [6, 6.07) is 17.5. The van der Waals surface area contributed by atoms with Crippen LogP contribution in [0.15, 0.2) is 70.4 Å². The summed E-state index contributed by atoms with van der Waals surface area (Å²) in [5.74, 6) is 0.833. The number of hydrogen-bond acceptors (Lipinski definition) is 7. The van der Waals surface area contributed by atoms with Crippen molar-refractivity contribution in [3.8, 4) is 17.6 Å². The fraction of sp³-hybridized carbons (Fsp3) is 0.269. The summed E-state index contributed by atoms with van der Waals surface area (Å²) in [5, 5.41) is 17.0. The summed E-state index contributed by atoms with van der Waals surface area (Å²) in [7, 11) is 0. The first-order valence-electron chi connectivity index (χ1n) is 11.1. The van der Waals surface area contributed by atoms with Crippen LogP contribution in [0.5, 0.6) is 11.5 Å². The van der Waals surface area contributed by atoms with Crippen LogP contribution in [0.2, 0.25) is 0 Å². The first kappa shape index (κ1) is 22.1. The highest BCUT2D eigenvalue weighted by atomic mass is 32.2. The molecule has 34 heavy (non-hydrogen) atoms. The fourth-order valence-corrected chi connectivity index (χ4v) is 5.34. The molecule has 5 rings (SSSR count). The summed E-state index contributed by atoms with van der Waals surface area (Å²) in [6.45, 7) is 0.597. The zero-order chi connectivity index (χ0) is 23.5. The molecule has 2 N–H and O–H groups in total. The summed E-state index contributed by atoms with van der Waals surface area (Å²) >= 11 is 1.29. The van der Waals surface area contributed by atoms with Crippen LogP contribution in [0, 0.1) is 11.3 Å². The second-order valence-electron chi connectivity index (χ2n) is 8.25. The molecule has 1 atom stereocenters. The van der Waals surface area contributed by atoms with Crippen LogP contribution in [0.3, 0.4) is 0 Å². The Labute approximate surface area is 201 Å². The van der Waals surface area contributed by atoms with Crippen LogP contribution in [-0.4, -0.2) is 24.2 Å². The Kier molecular flexibility index (Phi) is 6.28. The Bertz CT molecular complexity index is 1250. The Balaban J connectivity index is 1.40. The van der Waals surface area contributed by atoms with Gasteiger partial charge in [0.25, 0.3) is 0 Å². The molecule has 1 unspecified atom stereocenters. The molecule has 0 saturated heterocycles. The molecule has 172 valence electrons. The van der Waals surface area contributed by atoms with Crippen LogP contribution in [0.25, 0.3) is 0 Å². The van der Waals surface area contributed by atoms with Crippen LogP contribution in [0.1, 0.15) is 36.3 Å². The van der Waals surface area contributed by atoms with Crippen LogP contribution in [-0.2, 0) is 16.1 Å². The van der Waals surface area contributed by atoms with Crippen molar-refractivity contribution in [2.24, 2.45) is 0 Å². The van der Waals surface area contributed by atoms with Crippen molar-refractivity contribution in [2.45, 2.75) is 31.7 Å². The highest BCUT2D eigenvalue weighted by molar-refractivity contribution is 8.03. The molecule has 2 aromatic carbocycles. The lowest BCUT2D eigenvalue weighted by Crippen LogP contribution is -2.32. The van der Waals surface area contributed by atoms with Crippen LogP contribution >= 0.6 is 11.8 Å². The third-order valence-corrected chi connectivity index (χ3v) is 7.09. The molecular weight excluding hydrogens is 450 g/mol. The third kappa shape index (κ3) is 4.39. The van der Waals surface area contributed by atoms with Crippen LogP contribution in [0.4, 0.5) is 0 Å². The van der Waals surface area contributed by atoms with E-state index in [-0.39, 0.29) is 24.2 Å². The number of Topliss-reactive ketones (excluding diaryl/α,β-unsaturated/α-hetero) is 1. The lowest BCUT2D eigenvalue weighted by Gasteiger charge is -2.33. The summed E-state index contributed by atoms with van der Waals surface area (Å²) < 4.78 is 11.0. The summed E-state index contributed by atoms with van der Waals surface area (Å²) in [6.07, 6.45) is 1.95. The van der Waals surface area contributed by atoms with Gasteiger partial charge in [-0.15, -0.1) is 0 Å². The molecule has 8 heteroatoms. The van der Waals surface area contributed by atoms with Gasteiger partial charge in [-0.05, 0) is 36.1 Å². The van der Waals surface area contributed by atoms with E-state index in [9.17, 15) is 14.9 Å². The Hall–Kier alpha value is -3.70. The van der Waals surface area contributed by atoms with Gasteiger partial charge in [-0.3, -0.25) is 9.59 Å². The number of ketones is 1. The average molecular weight is 474 g/mol. The number of dihydropyridines is 1. The maximum atomic E-state index is 12.9.